The number of nitrogens with one attached hydrogen (secondary N) is 2. The van der Waals surface area contributed by atoms with Gasteiger partial charge >= 0.3 is 0 Å². The lowest BCUT2D eigenvalue weighted by molar-refractivity contribution is -0.123. The molecule has 2 N–H and O–H groups in total. The minimum absolute atomic E-state index is 0.235. The van der Waals surface area contributed by atoms with Crippen molar-refractivity contribution in [3.63, 3.8) is 0 Å². The fraction of sp³-hybridized carbons (Fsp3) is 0.700. The maximum atomic E-state index is 12.4. The summed E-state index contributed by atoms with van der Waals surface area (Å²) in [4.78, 5) is 19.5. The van der Waals surface area contributed by atoms with Crippen molar-refractivity contribution in [1.29, 1.82) is 0 Å². The molecule has 1 atom stereocenters. The Hall–Kier alpha value is -1.62. The molecule has 1 aromatic rings. The third-order valence-electron chi connectivity index (χ3n) is 6.31. The topological polar surface area (TPSA) is 57.3 Å². The maximum absolute atomic E-state index is 12.4. The van der Waals surface area contributed by atoms with Crippen molar-refractivity contribution in [3.05, 3.63) is 23.9 Å². The Kier molecular flexibility index (Phi) is 4.93. The molecule has 2 saturated heterocycles. The predicted octanol–water partition coefficient (Wildman–Crippen LogP) is 2.47. The highest BCUT2D eigenvalue weighted by Gasteiger charge is 2.57. The number of anilines is 1. The lowest BCUT2D eigenvalue weighted by atomic mass is 9.92. The van der Waals surface area contributed by atoms with Gasteiger partial charge in [-0.25, -0.2) is 4.98 Å². The second-order valence-corrected chi connectivity index (χ2v) is 8.01. The number of pyridine rings is 1. The summed E-state index contributed by atoms with van der Waals surface area (Å²) < 4.78 is 0. The molecule has 1 aliphatic carbocycles. The summed E-state index contributed by atoms with van der Waals surface area (Å²) in [7, 11) is 0. The number of carbonyl (C=O) groups is 1. The summed E-state index contributed by atoms with van der Waals surface area (Å²) in [5, 5.41) is 6.52. The SMILES string of the molecule is O=C(NCc1ccc(N2CCCCCC2)nc1)C1CC12CCNCC2. The minimum Gasteiger partial charge on any atom is -0.357 e. The first-order chi connectivity index (χ1) is 12.3. The van der Waals surface area contributed by atoms with E-state index in [1.165, 1.54) is 25.7 Å². The average molecular weight is 342 g/mol. The van der Waals surface area contributed by atoms with Gasteiger partial charge in [0.05, 0.1) is 0 Å². The molecular formula is C20H30N4O. The zero-order valence-electron chi connectivity index (χ0n) is 15.1. The van der Waals surface area contributed by atoms with Crippen molar-refractivity contribution >= 4 is 11.7 Å². The van der Waals surface area contributed by atoms with Crippen molar-refractivity contribution < 1.29 is 4.79 Å². The van der Waals surface area contributed by atoms with E-state index in [9.17, 15) is 4.79 Å². The number of nitrogens with zero attached hydrogens (tertiary/aromatic N) is 2. The second kappa shape index (κ2) is 7.32. The highest BCUT2D eigenvalue weighted by molar-refractivity contribution is 5.82. The number of carbonyl (C=O) groups excluding carboxylic acids is 1. The number of amides is 1. The van der Waals surface area contributed by atoms with E-state index in [0.29, 0.717) is 12.0 Å². The van der Waals surface area contributed by atoms with Crippen LogP contribution in [0, 0.1) is 11.3 Å². The van der Waals surface area contributed by atoms with Crippen molar-refractivity contribution in [2.45, 2.75) is 51.5 Å². The molecule has 3 heterocycles. The molecule has 0 aromatic carbocycles. The molecule has 1 aromatic heterocycles. The minimum atomic E-state index is 0.235. The van der Waals surface area contributed by atoms with Gasteiger partial charge in [0.25, 0.3) is 0 Å². The molecule has 136 valence electrons. The van der Waals surface area contributed by atoms with Crippen LogP contribution in [-0.4, -0.2) is 37.1 Å². The van der Waals surface area contributed by atoms with Crippen LogP contribution in [0.2, 0.25) is 0 Å². The van der Waals surface area contributed by atoms with Gasteiger partial charge in [-0.15, -0.1) is 0 Å². The van der Waals surface area contributed by atoms with E-state index >= 15 is 0 Å². The summed E-state index contributed by atoms with van der Waals surface area (Å²) in [5.74, 6) is 1.55. The van der Waals surface area contributed by atoms with Crippen LogP contribution in [0.4, 0.5) is 5.82 Å². The van der Waals surface area contributed by atoms with Crippen LogP contribution in [-0.2, 0) is 11.3 Å². The van der Waals surface area contributed by atoms with Crippen molar-refractivity contribution in [3.8, 4) is 0 Å². The Morgan fingerprint density at radius 1 is 1.20 bits per heavy atom. The van der Waals surface area contributed by atoms with Gasteiger partial charge in [0.15, 0.2) is 0 Å². The first-order valence-corrected chi connectivity index (χ1v) is 9.95. The van der Waals surface area contributed by atoms with Crippen LogP contribution in [0.5, 0.6) is 0 Å². The fourth-order valence-corrected chi connectivity index (χ4v) is 4.52. The van der Waals surface area contributed by atoms with Crippen LogP contribution in [0.15, 0.2) is 18.3 Å². The van der Waals surface area contributed by atoms with Gasteiger partial charge in [-0.05, 0) is 62.2 Å². The number of rotatable bonds is 4. The molecule has 1 amide bonds. The molecule has 2 aliphatic heterocycles. The summed E-state index contributed by atoms with van der Waals surface area (Å²) in [6.07, 6.45) is 10.5. The average Bonchev–Trinajstić information content (AvgIpc) is 3.40. The molecule has 5 heteroatoms. The van der Waals surface area contributed by atoms with E-state index in [1.54, 1.807) is 0 Å². The number of aromatic nitrogens is 1. The van der Waals surface area contributed by atoms with E-state index in [0.717, 1.165) is 56.8 Å². The van der Waals surface area contributed by atoms with Crippen LogP contribution in [0.1, 0.15) is 50.5 Å². The fourth-order valence-electron chi connectivity index (χ4n) is 4.52. The monoisotopic (exact) mass is 342 g/mol. The summed E-state index contributed by atoms with van der Waals surface area (Å²) in [6.45, 7) is 4.94. The summed E-state index contributed by atoms with van der Waals surface area (Å²) in [6, 6.07) is 4.22. The highest BCUT2D eigenvalue weighted by atomic mass is 16.2. The Morgan fingerprint density at radius 2 is 1.96 bits per heavy atom. The smallest absolute Gasteiger partial charge is 0.223 e. The predicted molar refractivity (Wildman–Crippen MR) is 99.4 cm³/mol. The molecule has 5 nitrogen and oxygen atoms in total. The molecule has 1 unspecified atom stereocenters. The lowest BCUT2D eigenvalue weighted by Gasteiger charge is -2.23. The molecule has 3 fully saturated rings. The van der Waals surface area contributed by atoms with E-state index in [4.69, 9.17) is 0 Å². The maximum Gasteiger partial charge on any atom is 0.223 e. The largest absolute Gasteiger partial charge is 0.357 e. The zero-order valence-corrected chi connectivity index (χ0v) is 15.1. The normalized spacial score (nSPS) is 25.4. The standard InChI is InChI=1S/C20H30N4O/c25-19(17-13-20(17)7-9-21-10-8-20)23-15-16-5-6-18(22-14-16)24-11-3-1-2-4-12-24/h5-6,14,17,21H,1-4,7-13,15H2,(H,23,25). The van der Waals surface area contributed by atoms with Gasteiger partial charge in [-0.1, -0.05) is 18.9 Å². The van der Waals surface area contributed by atoms with Gasteiger partial charge in [0.1, 0.15) is 5.82 Å². The number of hydrogen-bond donors (Lipinski definition) is 2. The zero-order chi connectivity index (χ0) is 17.1. The Bertz CT molecular complexity index is 586. The van der Waals surface area contributed by atoms with Crippen LogP contribution >= 0.6 is 0 Å². The van der Waals surface area contributed by atoms with E-state index in [1.807, 2.05) is 6.20 Å². The molecule has 25 heavy (non-hydrogen) atoms. The Balaban J connectivity index is 1.27. The van der Waals surface area contributed by atoms with Crippen LogP contribution in [0.3, 0.4) is 0 Å². The van der Waals surface area contributed by atoms with Gasteiger partial charge in [0, 0.05) is 31.7 Å². The summed E-state index contributed by atoms with van der Waals surface area (Å²) >= 11 is 0. The van der Waals surface area contributed by atoms with Gasteiger partial charge in [-0.2, -0.15) is 0 Å². The number of piperidine rings is 1. The third-order valence-corrected chi connectivity index (χ3v) is 6.31. The van der Waals surface area contributed by atoms with Crippen LogP contribution < -0.4 is 15.5 Å². The van der Waals surface area contributed by atoms with Gasteiger partial charge < -0.3 is 15.5 Å². The molecule has 1 saturated carbocycles. The molecule has 1 spiro atoms. The highest BCUT2D eigenvalue weighted by Crippen LogP contribution is 2.58. The van der Waals surface area contributed by atoms with Crippen molar-refractivity contribution in [2.75, 3.05) is 31.1 Å². The van der Waals surface area contributed by atoms with Crippen LogP contribution in [0.25, 0.3) is 0 Å². The molecule has 0 radical (unpaired) electrons. The molecular weight excluding hydrogens is 312 g/mol. The quantitative estimate of drug-likeness (QED) is 0.883. The lowest BCUT2D eigenvalue weighted by Crippen LogP contribution is -2.33. The molecule has 0 bridgehead atoms. The Morgan fingerprint density at radius 3 is 2.64 bits per heavy atom. The van der Waals surface area contributed by atoms with E-state index in [2.05, 4.69) is 32.7 Å². The van der Waals surface area contributed by atoms with Crippen molar-refractivity contribution in [1.82, 2.24) is 15.6 Å². The first kappa shape index (κ1) is 16.8. The third kappa shape index (κ3) is 3.81. The second-order valence-electron chi connectivity index (χ2n) is 8.01. The number of hydrogen-bond acceptors (Lipinski definition) is 4. The van der Waals surface area contributed by atoms with Gasteiger partial charge in [0.2, 0.25) is 5.91 Å². The van der Waals surface area contributed by atoms with E-state index < -0.39 is 0 Å². The Labute approximate surface area is 150 Å². The molecule has 4 rings (SSSR count). The van der Waals surface area contributed by atoms with E-state index in [-0.39, 0.29) is 11.8 Å². The van der Waals surface area contributed by atoms with Crippen molar-refractivity contribution in [2.24, 2.45) is 11.3 Å². The first-order valence-electron chi connectivity index (χ1n) is 9.95. The molecule has 3 aliphatic rings. The van der Waals surface area contributed by atoms with Gasteiger partial charge in [-0.3, -0.25) is 4.79 Å². The summed E-state index contributed by atoms with van der Waals surface area (Å²) in [5.41, 5.74) is 1.40.